The number of unbranched alkanes of at least 4 members (excludes halogenated alkanes) is 4. The van der Waals surface area contributed by atoms with Gasteiger partial charge < -0.3 is 35.3 Å². The van der Waals surface area contributed by atoms with Crippen molar-refractivity contribution in [3.63, 3.8) is 0 Å². The van der Waals surface area contributed by atoms with E-state index in [1.165, 1.54) is 44.6 Å². The Morgan fingerprint density at radius 1 is 0.854 bits per heavy atom. The third kappa shape index (κ3) is 11.0. The van der Waals surface area contributed by atoms with E-state index in [0.29, 0.717) is 29.2 Å². The zero-order chi connectivity index (χ0) is 34.3. The highest BCUT2D eigenvalue weighted by atomic mass is 16.6. The lowest BCUT2D eigenvalue weighted by atomic mass is 10.0. The summed E-state index contributed by atoms with van der Waals surface area (Å²) < 4.78 is 16.8. The van der Waals surface area contributed by atoms with Crippen molar-refractivity contribution >= 4 is 29.6 Å². The zero-order valence-corrected chi connectivity index (χ0v) is 27.6. The van der Waals surface area contributed by atoms with Gasteiger partial charge in [-0.25, -0.2) is 14.4 Å². The highest BCUT2D eigenvalue weighted by molar-refractivity contribution is 5.97. The third-order valence-corrected chi connectivity index (χ3v) is 8.18. The summed E-state index contributed by atoms with van der Waals surface area (Å²) in [4.78, 5) is 50.0. The first-order chi connectivity index (χ1) is 23.2. The minimum Gasteiger partial charge on any atom is -0.494 e. The van der Waals surface area contributed by atoms with Gasteiger partial charge in [-0.2, -0.15) is 0 Å². The molecule has 3 amide bonds. The molecule has 11 nitrogen and oxygen atoms in total. The van der Waals surface area contributed by atoms with Crippen LogP contribution < -0.4 is 30.2 Å². The second-order valence-electron chi connectivity index (χ2n) is 11.9. The van der Waals surface area contributed by atoms with Gasteiger partial charge >= 0.3 is 18.0 Å². The minimum atomic E-state index is -1.25. The summed E-state index contributed by atoms with van der Waals surface area (Å²) in [5.74, 6) is -1.30. The van der Waals surface area contributed by atoms with Gasteiger partial charge in [0, 0.05) is 23.7 Å². The average Bonchev–Trinajstić information content (AvgIpc) is 3.60. The number of ether oxygens (including phenoxy) is 3. The Balaban J connectivity index is 1.30. The summed E-state index contributed by atoms with van der Waals surface area (Å²) in [6.07, 6.45) is 9.81. The quantitative estimate of drug-likeness (QED) is 0.0705. The Labute approximate surface area is 281 Å². The number of urea groups is 1. The van der Waals surface area contributed by atoms with Crippen molar-refractivity contribution in [1.82, 2.24) is 10.6 Å². The molecule has 1 atom stereocenters. The number of carbonyl (C=O) groups excluding carboxylic acids is 3. The van der Waals surface area contributed by atoms with Gasteiger partial charge in [0.25, 0.3) is 5.91 Å². The molecule has 1 unspecified atom stereocenters. The van der Waals surface area contributed by atoms with Gasteiger partial charge in [0.1, 0.15) is 11.8 Å². The Morgan fingerprint density at radius 2 is 1.54 bits per heavy atom. The summed E-state index contributed by atoms with van der Waals surface area (Å²) in [5.41, 5.74) is 1.63. The van der Waals surface area contributed by atoms with Crippen molar-refractivity contribution < 1.29 is 38.5 Å². The van der Waals surface area contributed by atoms with E-state index in [-0.39, 0.29) is 35.6 Å². The minimum absolute atomic E-state index is 0.0489. The predicted octanol–water partition coefficient (Wildman–Crippen LogP) is 6.75. The number of benzene rings is 3. The number of methoxy groups -OCH3 is 1. The van der Waals surface area contributed by atoms with E-state index in [1.807, 2.05) is 0 Å². The molecule has 0 radical (unpaired) electrons. The lowest BCUT2D eigenvalue weighted by Crippen LogP contribution is -2.42. The molecule has 0 bridgehead atoms. The molecule has 1 aliphatic carbocycles. The van der Waals surface area contributed by atoms with Gasteiger partial charge in [0.2, 0.25) is 0 Å². The molecule has 3 aromatic rings. The molecule has 4 rings (SSSR count). The van der Waals surface area contributed by atoms with Gasteiger partial charge in [-0.3, -0.25) is 4.79 Å². The number of amides is 3. The monoisotopic (exact) mass is 659 g/mol. The van der Waals surface area contributed by atoms with E-state index >= 15 is 0 Å². The molecule has 0 saturated heterocycles. The van der Waals surface area contributed by atoms with Crippen LogP contribution in [0.15, 0.2) is 66.7 Å². The van der Waals surface area contributed by atoms with Crippen molar-refractivity contribution in [2.45, 2.75) is 83.2 Å². The highest BCUT2D eigenvalue weighted by Crippen LogP contribution is 2.30. The maximum absolute atomic E-state index is 12.9. The summed E-state index contributed by atoms with van der Waals surface area (Å²) in [6, 6.07) is 16.3. The number of carboxylic acids is 1. The number of anilines is 1. The zero-order valence-electron chi connectivity index (χ0n) is 27.6. The number of carbonyl (C=O) groups is 4. The number of carboxylic acid groups (broad SMARTS) is 1. The Hall–Kier alpha value is -5.06. The van der Waals surface area contributed by atoms with E-state index in [4.69, 9.17) is 14.2 Å². The summed E-state index contributed by atoms with van der Waals surface area (Å²) in [6.45, 7) is 2.80. The molecule has 11 heteroatoms. The first-order valence-electron chi connectivity index (χ1n) is 16.6. The van der Waals surface area contributed by atoms with Crippen LogP contribution in [-0.4, -0.2) is 54.8 Å². The van der Waals surface area contributed by atoms with Crippen LogP contribution in [0.3, 0.4) is 0 Å². The number of aliphatic carboxylic acids is 1. The average molecular weight is 660 g/mol. The van der Waals surface area contributed by atoms with Crippen molar-refractivity contribution in [3.8, 4) is 17.2 Å². The van der Waals surface area contributed by atoms with Crippen LogP contribution in [0.1, 0.15) is 91.0 Å². The maximum atomic E-state index is 12.9. The van der Waals surface area contributed by atoms with Crippen molar-refractivity contribution in [2.75, 3.05) is 19.0 Å². The van der Waals surface area contributed by atoms with Crippen LogP contribution in [-0.2, 0) is 11.2 Å². The molecule has 3 aromatic carbocycles. The lowest BCUT2D eigenvalue weighted by Gasteiger charge is -2.17. The van der Waals surface area contributed by atoms with E-state index in [0.717, 1.165) is 38.5 Å². The summed E-state index contributed by atoms with van der Waals surface area (Å²) in [5, 5.41) is 18.1. The molecule has 0 heterocycles. The van der Waals surface area contributed by atoms with Gasteiger partial charge in [-0.05, 0) is 85.5 Å². The number of rotatable bonds is 17. The topological polar surface area (TPSA) is 152 Å². The molecule has 1 fully saturated rings. The standard InChI is InChI=1S/C37H45N3O8/c1-3-4-5-6-9-22-47-30-19-15-27(16-20-30)36(44)48-32-21-12-25(24-33(32)46-2)23-31(35(42)43)40-34(41)26-13-17-29(18-14-26)39-37(45)38-28-10-7-8-11-28/h12-21,24,28,31H,3-11,22-23H2,1-2H3,(H,40,41)(H,42,43)(H2,38,39,45). The third-order valence-electron chi connectivity index (χ3n) is 8.18. The van der Waals surface area contributed by atoms with E-state index in [9.17, 15) is 24.3 Å². The largest absolute Gasteiger partial charge is 0.494 e. The first kappa shape index (κ1) is 35.8. The highest BCUT2D eigenvalue weighted by Gasteiger charge is 2.23. The smallest absolute Gasteiger partial charge is 0.343 e. The van der Waals surface area contributed by atoms with Crippen molar-refractivity contribution in [3.05, 3.63) is 83.4 Å². The van der Waals surface area contributed by atoms with Crippen LogP contribution in [0.25, 0.3) is 0 Å². The molecular weight excluding hydrogens is 614 g/mol. The van der Waals surface area contributed by atoms with Crippen LogP contribution in [0.2, 0.25) is 0 Å². The summed E-state index contributed by atoms with van der Waals surface area (Å²) in [7, 11) is 1.41. The number of esters is 1. The van der Waals surface area contributed by atoms with Crippen LogP contribution in [0.4, 0.5) is 10.5 Å². The molecule has 4 N–H and O–H groups in total. The number of nitrogens with one attached hydrogen (secondary N) is 3. The Kier molecular flexibility index (Phi) is 13.7. The van der Waals surface area contributed by atoms with Crippen LogP contribution in [0.5, 0.6) is 17.2 Å². The Bertz CT molecular complexity index is 1520. The molecule has 1 aliphatic rings. The van der Waals surface area contributed by atoms with E-state index in [2.05, 4.69) is 22.9 Å². The fraction of sp³-hybridized carbons (Fsp3) is 0.405. The number of hydrogen-bond donors (Lipinski definition) is 4. The van der Waals surface area contributed by atoms with Gasteiger partial charge in [0.15, 0.2) is 11.5 Å². The molecule has 0 aromatic heterocycles. The van der Waals surface area contributed by atoms with E-state index in [1.54, 1.807) is 48.5 Å². The fourth-order valence-corrected chi connectivity index (χ4v) is 5.47. The lowest BCUT2D eigenvalue weighted by molar-refractivity contribution is -0.139. The molecule has 0 spiro atoms. The maximum Gasteiger partial charge on any atom is 0.343 e. The van der Waals surface area contributed by atoms with E-state index < -0.39 is 23.9 Å². The molecule has 0 aliphatic heterocycles. The fourth-order valence-electron chi connectivity index (χ4n) is 5.47. The first-order valence-corrected chi connectivity index (χ1v) is 16.6. The molecule has 48 heavy (non-hydrogen) atoms. The van der Waals surface area contributed by atoms with Crippen molar-refractivity contribution in [1.29, 1.82) is 0 Å². The van der Waals surface area contributed by atoms with Gasteiger partial charge in [-0.15, -0.1) is 0 Å². The Morgan fingerprint density at radius 3 is 2.21 bits per heavy atom. The molecule has 256 valence electrons. The molecular formula is C37H45N3O8. The summed E-state index contributed by atoms with van der Waals surface area (Å²) >= 11 is 0. The second kappa shape index (κ2) is 18.3. The molecule has 1 saturated carbocycles. The van der Waals surface area contributed by atoms with Crippen LogP contribution in [0, 0.1) is 0 Å². The van der Waals surface area contributed by atoms with Gasteiger partial charge in [0.05, 0.1) is 19.3 Å². The predicted molar refractivity (Wildman–Crippen MR) is 182 cm³/mol. The SMILES string of the molecule is CCCCCCCOc1ccc(C(=O)Oc2ccc(CC(NC(=O)c3ccc(NC(=O)NC4CCCC4)cc3)C(=O)O)cc2OC)cc1. The van der Waals surface area contributed by atoms with Gasteiger partial charge in [-0.1, -0.05) is 51.5 Å². The van der Waals surface area contributed by atoms with Crippen LogP contribution >= 0.6 is 0 Å². The van der Waals surface area contributed by atoms with Crippen molar-refractivity contribution in [2.24, 2.45) is 0 Å². The second-order valence-corrected chi connectivity index (χ2v) is 11.9. The normalized spacial score (nSPS) is 13.3. The number of hydrogen-bond acceptors (Lipinski definition) is 7.